The van der Waals surface area contributed by atoms with Crippen LogP contribution in [0.25, 0.3) is 0 Å². The topological polar surface area (TPSA) is 35.2 Å². The first kappa shape index (κ1) is 13.9. The molecule has 1 aromatic carbocycles. The predicted molar refractivity (Wildman–Crippen MR) is 83.0 cm³/mol. The van der Waals surface area contributed by atoms with Crippen LogP contribution in [-0.2, 0) is 12.0 Å². The summed E-state index contributed by atoms with van der Waals surface area (Å²) in [5.74, 6) is 1.98. The number of rotatable bonds is 3. The van der Waals surface area contributed by atoms with Crippen LogP contribution in [0.15, 0.2) is 18.2 Å². The van der Waals surface area contributed by atoms with Crippen LogP contribution in [0.2, 0.25) is 0 Å². The molecule has 1 aliphatic heterocycles. The molecule has 2 N–H and O–H groups in total. The maximum atomic E-state index is 6.83. The molecule has 0 radical (unpaired) electrons. The number of hydrogen-bond acceptors (Lipinski definition) is 2. The minimum Gasteiger partial charge on any atom is -0.493 e. The lowest BCUT2D eigenvalue weighted by atomic mass is 9.82. The second-order valence-electron chi connectivity index (χ2n) is 6.63. The number of para-hydroxylation sites is 1. The van der Waals surface area contributed by atoms with E-state index in [1.54, 1.807) is 0 Å². The lowest BCUT2D eigenvalue weighted by Crippen LogP contribution is -2.36. The van der Waals surface area contributed by atoms with Gasteiger partial charge in [-0.2, -0.15) is 0 Å². The van der Waals surface area contributed by atoms with E-state index in [-0.39, 0.29) is 5.54 Å². The highest BCUT2D eigenvalue weighted by Gasteiger charge is 2.34. The van der Waals surface area contributed by atoms with Crippen LogP contribution in [0, 0.1) is 5.92 Å². The molecular weight excluding hydrogens is 246 g/mol. The van der Waals surface area contributed by atoms with E-state index >= 15 is 0 Å². The van der Waals surface area contributed by atoms with Crippen LogP contribution in [-0.4, -0.2) is 6.61 Å². The number of nitrogens with two attached hydrogens (primary N) is 1. The second-order valence-corrected chi connectivity index (χ2v) is 6.63. The summed E-state index contributed by atoms with van der Waals surface area (Å²) in [7, 11) is 0. The Morgan fingerprint density at radius 1 is 1.30 bits per heavy atom. The van der Waals surface area contributed by atoms with E-state index in [1.165, 1.54) is 43.2 Å². The maximum Gasteiger partial charge on any atom is 0.127 e. The Morgan fingerprint density at radius 3 is 3.05 bits per heavy atom. The van der Waals surface area contributed by atoms with Gasteiger partial charge in [0.25, 0.3) is 0 Å². The Labute approximate surface area is 122 Å². The average Bonchev–Trinajstić information content (AvgIpc) is 2.85. The Bertz CT molecular complexity index is 470. The van der Waals surface area contributed by atoms with Crippen molar-refractivity contribution in [2.75, 3.05) is 6.61 Å². The molecule has 2 heteroatoms. The molecule has 1 saturated carbocycles. The standard InChI is InChI=1S/C18H27NO/c1-2-5-14-6-4-11-18(19,12-9-14)16-8-3-7-15-10-13-20-17(15)16/h3,7-8,14H,2,4-6,9-13,19H2,1H3. The van der Waals surface area contributed by atoms with Gasteiger partial charge in [0.2, 0.25) is 0 Å². The van der Waals surface area contributed by atoms with Crippen molar-refractivity contribution in [3.63, 3.8) is 0 Å². The van der Waals surface area contributed by atoms with Gasteiger partial charge in [0, 0.05) is 17.5 Å². The van der Waals surface area contributed by atoms with E-state index in [9.17, 15) is 0 Å². The normalized spacial score (nSPS) is 29.6. The summed E-state index contributed by atoms with van der Waals surface area (Å²) in [4.78, 5) is 0. The van der Waals surface area contributed by atoms with Crippen LogP contribution in [0.5, 0.6) is 5.75 Å². The summed E-state index contributed by atoms with van der Waals surface area (Å²) in [5.41, 5.74) is 9.28. The van der Waals surface area contributed by atoms with Gasteiger partial charge in [0.1, 0.15) is 5.75 Å². The average molecular weight is 273 g/mol. The molecule has 2 nitrogen and oxygen atoms in total. The lowest BCUT2D eigenvalue weighted by molar-refractivity contribution is 0.321. The molecule has 110 valence electrons. The van der Waals surface area contributed by atoms with Gasteiger partial charge >= 0.3 is 0 Å². The third kappa shape index (κ3) is 2.58. The molecule has 2 atom stereocenters. The van der Waals surface area contributed by atoms with E-state index in [0.717, 1.165) is 37.5 Å². The van der Waals surface area contributed by atoms with Gasteiger partial charge in [-0.25, -0.2) is 0 Å². The Morgan fingerprint density at radius 2 is 2.20 bits per heavy atom. The number of ether oxygens (including phenoxy) is 1. The highest BCUT2D eigenvalue weighted by Crippen LogP contribution is 2.43. The summed E-state index contributed by atoms with van der Waals surface area (Å²) in [6, 6.07) is 6.54. The van der Waals surface area contributed by atoms with E-state index in [2.05, 4.69) is 25.1 Å². The fourth-order valence-electron chi connectivity index (χ4n) is 4.01. The molecule has 3 rings (SSSR count). The van der Waals surface area contributed by atoms with Crippen molar-refractivity contribution in [3.05, 3.63) is 29.3 Å². The molecule has 0 aromatic heterocycles. The first-order valence-electron chi connectivity index (χ1n) is 8.27. The van der Waals surface area contributed by atoms with Gasteiger partial charge in [-0.15, -0.1) is 0 Å². The highest BCUT2D eigenvalue weighted by atomic mass is 16.5. The quantitative estimate of drug-likeness (QED) is 0.839. The fourth-order valence-corrected chi connectivity index (χ4v) is 4.01. The SMILES string of the molecule is CCCC1CCCC(N)(c2cccc3c2OCC3)CC1. The van der Waals surface area contributed by atoms with Crippen LogP contribution in [0.4, 0.5) is 0 Å². The molecule has 2 unspecified atom stereocenters. The molecule has 0 bridgehead atoms. The zero-order valence-corrected chi connectivity index (χ0v) is 12.7. The molecule has 1 aliphatic carbocycles. The highest BCUT2D eigenvalue weighted by molar-refractivity contribution is 5.47. The van der Waals surface area contributed by atoms with Crippen molar-refractivity contribution in [3.8, 4) is 5.75 Å². The molecule has 2 aliphatic rings. The van der Waals surface area contributed by atoms with Crippen LogP contribution in [0.1, 0.15) is 63.0 Å². The van der Waals surface area contributed by atoms with E-state index in [1.807, 2.05) is 0 Å². The summed E-state index contributed by atoms with van der Waals surface area (Å²) >= 11 is 0. The molecule has 0 saturated heterocycles. The number of fused-ring (bicyclic) bond motifs is 1. The van der Waals surface area contributed by atoms with Crippen LogP contribution < -0.4 is 10.5 Å². The third-order valence-corrected chi connectivity index (χ3v) is 5.18. The van der Waals surface area contributed by atoms with E-state index in [4.69, 9.17) is 10.5 Å². The Balaban J connectivity index is 1.84. The van der Waals surface area contributed by atoms with Crippen LogP contribution >= 0.6 is 0 Å². The number of benzene rings is 1. The molecule has 1 heterocycles. The Kier molecular flexibility index (Phi) is 4.02. The number of hydrogen-bond donors (Lipinski definition) is 1. The minimum absolute atomic E-state index is 0.168. The fraction of sp³-hybridized carbons (Fsp3) is 0.667. The van der Waals surface area contributed by atoms with Crippen molar-refractivity contribution in [1.82, 2.24) is 0 Å². The van der Waals surface area contributed by atoms with Crippen LogP contribution in [0.3, 0.4) is 0 Å². The van der Waals surface area contributed by atoms with Gasteiger partial charge in [0.05, 0.1) is 6.61 Å². The van der Waals surface area contributed by atoms with Crippen molar-refractivity contribution >= 4 is 0 Å². The summed E-state index contributed by atoms with van der Waals surface area (Å²) < 4.78 is 5.88. The molecule has 20 heavy (non-hydrogen) atoms. The molecule has 0 amide bonds. The van der Waals surface area contributed by atoms with Gasteiger partial charge in [-0.1, -0.05) is 50.8 Å². The first-order valence-corrected chi connectivity index (χ1v) is 8.27. The zero-order chi connectivity index (χ0) is 14.0. The van der Waals surface area contributed by atoms with Crippen molar-refractivity contribution in [2.24, 2.45) is 11.7 Å². The molecular formula is C18H27NO. The third-order valence-electron chi connectivity index (χ3n) is 5.18. The lowest BCUT2D eigenvalue weighted by Gasteiger charge is -2.30. The van der Waals surface area contributed by atoms with E-state index in [0.29, 0.717) is 0 Å². The monoisotopic (exact) mass is 273 g/mol. The predicted octanol–water partition coefficient (Wildman–Crippen LogP) is 4.16. The van der Waals surface area contributed by atoms with Crippen molar-refractivity contribution in [2.45, 2.75) is 63.8 Å². The minimum atomic E-state index is -0.168. The second kappa shape index (κ2) is 5.77. The first-order chi connectivity index (χ1) is 9.73. The molecule has 1 fully saturated rings. The van der Waals surface area contributed by atoms with Gasteiger partial charge in [-0.3, -0.25) is 0 Å². The van der Waals surface area contributed by atoms with Crippen molar-refractivity contribution < 1.29 is 4.74 Å². The van der Waals surface area contributed by atoms with Gasteiger partial charge in [-0.05, 0) is 30.7 Å². The summed E-state index contributed by atoms with van der Waals surface area (Å²) in [5, 5.41) is 0. The summed E-state index contributed by atoms with van der Waals surface area (Å²) in [6.07, 6.45) is 9.79. The zero-order valence-electron chi connectivity index (χ0n) is 12.7. The van der Waals surface area contributed by atoms with E-state index < -0.39 is 0 Å². The van der Waals surface area contributed by atoms with Crippen molar-refractivity contribution in [1.29, 1.82) is 0 Å². The largest absolute Gasteiger partial charge is 0.493 e. The molecule has 0 spiro atoms. The van der Waals surface area contributed by atoms with Gasteiger partial charge < -0.3 is 10.5 Å². The Hall–Kier alpha value is -1.02. The molecule has 1 aromatic rings. The maximum absolute atomic E-state index is 6.83. The summed E-state index contributed by atoms with van der Waals surface area (Å²) in [6.45, 7) is 3.11. The van der Waals surface area contributed by atoms with Gasteiger partial charge in [0.15, 0.2) is 0 Å². The smallest absolute Gasteiger partial charge is 0.127 e.